The van der Waals surface area contributed by atoms with E-state index in [1.165, 1.54) is 11.8 Å². The molecule has 0 radical (unpaired) electrons. The van der Waals surface area contributed by atoms with Gasteiger partial charge in [-0.1, -0.05) is 68.0 Å². The summed E-state index contributed by atoms with van der Waals surface area (Å²) in [5.41, 5.74) is 1.89. The van der Waals surface area contributed by atoms with Crippen molar-refractivity contribution in [1.82, 2.24) is 5.32 Å². The second-order valence-corrected chi connectivity index (χ2v) is 8.50. The number of thiocarbonyl (C=S) groups is 1. The maximum atomic E-state index is 11.9. The van der Waals surface area contributed by atoms with Crippen LogP contribution in [0.25, 0.3) is 6.08 Å². The summed E-state index contributed by atoms with van der Waals surface area (Å²) in [6.07, 6.45) is 1.79. The Balaban J connectivity index is 1.83. The topological polar surface area (TPSA) is 38.3 Å². The Morgan fingerprint density at radius 3 is 2.50 bits per heavy atom. The second-order valence-electron chi connectivity index (χ2n) is 4.95. The lowest BCUT2D eigenvalue weighted by Gasteiger charge is -2.10. The van der Waals surface area contributed by atoms with Crippen LogP contribution in [-0.2, 0) is 11.4 Å². The molecular formula is C17H11Br2NO2S2. The number of thioether (sulfide) groups is 1. The van der Waals surface area contributed by atoms with Crippen LogP contribution in [0.5, 0.6) is 5.75 Å². The highest BCUT2D eigenvalue weighted by Crippen LogP contribution is 2.31. The summed E-state index contributed by atoms with van der Waals surface area (Å²) in [4.78, 5) is 12.4. The molecule has 1 aliphatic rings. The fraction of sp³-hybridized carbons (Fsp3) is 0.0588. The molecule has 7 heteroatoms. The van der Waals surface area contributed by atoms with Crippen LogP contribution in [0.1, 0.15) is 11.1 Å². The Morgan fingerprint density at radius 1 is 1.12 bits per heavy atom. The number of carbonyl (C=O) groups is 1. The lowest BCUT2D eigenvalue weighted by atomic mass is 10.2. The van der Waals surface area contributed by atoms with E-state index in [2.05, 4.69) is 37.2 Å². The fourth-order valence-electron chi connectivity index (χ4n) is 2.07. The molecule has 2 aromatic carbocycles. The molecule has 0 aromatic heterocycles. The molecule has 1 N–H and O–H groups in total. The number of amides is 1. The molecule has 24 heavy (non-hydrogen) atoms. The minimum absolute atomic E-state index is 0.177. The maximum absolute atomic E-state index is 11.9. The van der Waals surface area contributed by atoms with Crippen LogP contribution >= 0.6 is 55.8 Å². The zero-order chi connectivity index (χ0) is 17.1. The zero-order valence-corrected chi connectivity index (χ0v) is 17.0. The van der Waals surface area contributed by atoms with Gasteiger partial charge in [0, 0.05) is 14.5 Å². The summed E-state index contributed by atoms with van der Waals surface area (Å²) in [5, 5.41) is 2.61. The highest BCUT2D eigenvalue weighted by atomic mass is 79.9. The van der Waals surface area contributed by atoms with E-state index in [9.17, 15) is 4.79 Å². The molecule has 3 nitrogen and oxygen atoms in total. The fourth-order valence-corrected chi connectivity index (χ4v) is 3.75. The summed E-state index contributed by atoms with van der Waals surface area (Å²) in [5.74, 6) is 0.531. The van der Waals surface area contributed by atoms with E-state index in [0.29, 0.717) is 21.6 Å². The number of halogens is 2. The molecule has 1 heterocycles. The van der Waals surface area contributed by atoms with Crippen molar-refractivity contribution in [3.63, 3.8) is 0 Å². The van der Waals surface area contributed by atoms with Gasteiger partial charge in [0.2, 0.25) is 0 Å². The summed E-state index contributed by atoms with van der Waals surface area (Å²) in [6.45, 7) is 0.447. The number of benzene rings is 2. The molecule has 0 saturated carbocycles. The molecule has 0 spiro atoms. The van der Waals surface area contributed by atoms with E-state index in [4.69, 9.17) is 17.0 Å². The summed E-state index contributed by atoms with van der Waals surface area (Å²) >= 11 is 13.1. The van der Waals surface area contributed by atoms with Crippen molar-refractivity contribution in [2.75, 3.05) is 0 Å². The normalized spacial score (nSPS) is 15.7. The van der Waals surface area contributed by atoms with Crippen molar-refractivity contribution >= 4 is 72.1 Å². The third kappa shape index (κ3) is 4.47. The average molecular weight is 485 g/mol. The van der Waals surface area contributed by atoms with Gasteiger partial charge in [0.05, 0.1) is 4.91 Å². The third-order valence-electron chi connectivity index (χ3n) is 3.21. The molecule has 0 unspecified atom stereocenters. The predicted molar refractivity (Wildman–Crippen MR) is 109 cm³/mol. The molecule has 0 atom stereocenters. The van der Waals surface area contributed by atoms with Crippen LogP contribution in [0.4, 0.5) is 0 Å². The Labute approximate surface area is 166 Å². The number of nitrogens with one attached hydrogen (secondary N) is 1. The summed E-state index contributed by atoms with van der Waals surface area (Å²) < 4.78 is 8.35. The van der Waals surface area contributed by atoms with Gasteiger partial charge in [0.25, 0.3) is 5.91 Å². The van der Waals surface area contributed by atoms with Gasteiger partial charge in [0.15, 0.2) is 0 Å². The monoisotopic (exact) mass is 483 g/mol. The van der Waals surface area contributed by atoms with Gasteiger partial charge in [-0.2, -0.15) is 0 Å². The van der Waals surface area contributed by atoms with Crippen molar-refractivity contribution in [1.29, 1.82) is 0 Å². The lowest BCUT2D eigenvalue weighted by molar-refractivity contribution is -0.115. The molecule has 1 amide bonds. The third-order valence-corrected chi connectivity index (χ3v) is 5.39. The predicted octanol–water partition coefficient (Wildman–Crippen LogP) is 5.28. The van der Waals surface area contributed by atoms with Crippen LogP contribution < -0.4 is 10.1 Å². The number of hydrogen-bond donors (Lipinski definition) is 1. The number of hydrogen-bond acceptors (Lipinski definition) is 4. The standard InChI is InChI=1S/C17H11Br2NO2S2/c18-12-3-1-10(2-4-12)9-22-14-6-5-13(19)7-11(14)8-15-16(21)20-17(23)24-15/h1-8H,9H2,(H,20,21,23)/b15-8+. The molecule has 3 rings (SSSR count). The SMILES string of the molecule is O=C1NC(=S)S/C1=C/c1cc(Br)ccc1OCc1ccc(Br)cc1. The van der Waals surface area contributed by atoms with Gasteiger partial charge in [-0.3, -0.25) is 4.79 Å². The van der Waals surface area contributed by atoms with Gasteiger partial charge >= 0.3 is 0 Å². The van der Waals surface area contributed by atoms with Crippen molar-refractivity contribution in [3.8, 4) is 5.75 Å². The molecule has 0 bridgehead atoms. The maximum Gasteiger partial charge on any atom is 0.263 e. The molecule has 1 fully saturated rings. The Bertz CT molecular complexity index is 835. The van der Waals surface area contributed by atoms with Crippen LogP contribution in [0.2, 0.25) is 0 Å². The van der Waals surface area contributed by atoms with E-state index >= 15 is 0 Å². The second kappa shape index (κ2) is 7.82. The van der Waals surface area contributed by atoms with Crippen LogP contribution in [0, 0.1) is 0 Å². The van der Waals surface area contributed by atoms with Crippen molar-refractivity contribution in [3.05, 3.63) is 67.4 Å². The van der Waals surface area contributed by atoms with Crippen LogP contribution in [0.3, 0.4) is 0 Å². The molecule has 122 valence electrons. The van der Waals surface area contributed by atoms with Gasteiger partial charge in [0.1, 0.15) is 16.7 Å². The van der Waals surface area contributed by atoms with Crippen molar-refractivity contribution < 1.29 is 9.53 Å². The zero-order valence-electron chi connectivity index (χ0n) is 12.2. The van der Waals surface area contributed by atoms with Crippen LogP contribution in [0.15, 0.2) is 56.3 Å². The Hall–Kier alpha value is -1.15. The highest BCUT2D eigenvalue weighted by Gasteiger charge is 2.22. The molecular weight excluding hydrogens is 474 g/mol. The van der Waals surface area contributed by atoms with E-state index in [1.54, 1.807) is 6.08 Å². The lowest BCUT2D eigenvalue weighted by Crippen LogP contribution is -2.17. The number of carbonyl (C=O) groups excluding carboxylic acids is 1. The minimum atomic E-state index is -0.177. The molecule has 1 saturated heterocycles. The Morgan fingerprint density at radius 2 is 1.83 bits per heavy atom. The quantitative estimate of drug-likeness (QED) is 0.473. The average Bonchev–Trinajstić information content (AvgIpc) is 2.86. The molecule has 1 aliphatic heterocycles. The van der Waals surface area contributed by atoms with Gasteiger partial charge < -0.3 is 10.1 Å². The van der Waals surface area contributed by atoms with Crippen molar-refractivity contribution in [2.24, 2.45) is 0 Å². The Kier molecular flexibility index (Phi) is 5.76. The smallest absolute Gasteiger partial charge is 0.263 e. The van der Waals surface area contributed by atoms with E-state index in [-0.39, 0.29) is 5.91 Å². The van der Waals surface area contributed by atoms with Gasteiger partial charge in [-0.05, 0) is 42.0 Å². The number of ether oxygens (including phenoxy) is 1. The van der Waals surface area contributed by atoms with Gasteiger partial charge in [-0.25, -0.2) is 0 Å². The minimum Gasteiger partial charge on any atom is -0.488 e. The van der Waals surface area contributed by atoms with E-state index in [0.717, 1.165) is 20.1 Å². The van der Waals surface area contributed by atoms with Crippen molar-refractivity contribution in [2.45, 2.75) is 6.61 Å². The first-order valence-electron chi connectivity index (χ1n) is 6.93. The van der Waals surface area contributed by atoms with E-state index in [1.807, 2.05) is 42.5 Å². The first-order valence-corrected chi connectivity index (χ1v) is 9.74. The largest absolute Gasteiger partial charge is 0.488 e. The first-order chi connectivity index (χ1) is 11.5. The summed E-state index contributed by atoms with van der Waals surface area (Å²) in [6, 6.07) is 13.7. The van der Waals surface area contributed by atoms with Crippen LogP contribution in [-0.4, -0.2) is 10.2 Å². The summed E-state index contributed by atoms with van der Waals surface area (Å²) in [7, 11) is 0. The van der Waals surface area contributed by atoms with Gasteiger partial charge in [-0.15, -0.1) is 0 Å². The number of rotatable bonds is 4. The molecule has 2 aromatic rings. The molecule has 0 aliphatic carbocycles. The first kappa shape index (κ1) is 17.7. The highest BCUT2D eigenvalue weighted by molar-refractivity contribution is 9.10. The van der Waals surface area contributed by atoms with E-state index < -0.39 is 0 Å².